The second-order valence-corrected chi connectivity index (χ2v) is 5.74. The molecule has 0 saturated carbocycles. The van der Waals surface area contributed by atoms with E-state index >= 15 is 0 Å². The van der Waals surface area contributed by atoms with Gasteiger partial charge < -0.3 is 15.6 Å². The van der Waals surface area contributed by atoms with Gasteiger partial charge in [0, 0.05) is 47.3 Å². The van der Waals surface area contributed by atoms with E-state index in [0.29, 0.717) is 23.7 Å². The van der Waals surface area contributed by atoms with E-state index in [0.717, 1.165) is 12.1 Å². The molecule has 0 radical (unpaired) electrons. The molecule has 1 amide bonds. The lowest BCUT2D eigenvalue weighted by Gasteiger charge is -2.07. The van der Waals surface area contributed by atoms with Crippen molar-refractivity contribution in [3.63, 3.8) is 0 Å². The third-order valence-corrected chi connectivity index (χ3v) is 3.94. The molecule has 0 saturated heterocycles. The van der Waals surface area contributed by atoms with Crippen molar-refractivity contribution in [2.75, 3.05) is 13.1 Å². The number of nitrogens with one attached hydrogen (secondary N) is 3. The second kappa shape index (κ2) is 7.31. The first-order valence-electron chi connectivity index (χ1n) is 7.53. The SMILES string of the molecule is O=C(NCCNCc1c[nH]c2ccccc12)c1ccc(Cl)cc1. The number of hydrogen-bond acceptors (Lipinski definition) is 2. The van der Waals surface area contributed by atoms with Crippen LogP contribution in [0.1, 0.15) is 15.9 Å². The summed E-state index contributed by atoms with van der Waals surface area (Å²) >= 11 is 5.81. The predicted molar refractivity (Wildman–Crippen MR) is 93.8 cm³/mol. The van der Waals surface area contributed by atoms with Crippen LogP contribution in [0.5, 0.6) is 0 Å². The van der Waals surface area contributed by atoms with E-state index < -0.39 is 0 Å². The number of amides is 1. The number of para-hydroxylation sites is 1. The first kappa shape index (κ1) is 15.6. The Morgan fingerprint density at radius 3 is 2.65 bits per heavy atom. The second-order valence-electron chi connectivity index (χ2n) is 5.30. The quantitative estimate of drug-likeness (QED) is 0.608. The number of carbonyl (C=O) groups is 1. The van der Waals surface area contributed by atoms with Gasteiger partial charge in [-0.05, 0) is 35.9 Å². The Balaban J connectivity index is 1.43. The number of fused-ring (bicyclic) bond motifs is 1. The molecule has 1 aromatic heterocycles. The maximum absolute atomic E-state index is 11.9. The molecule has 1 heterocycles. The Morgan fingerprint density at radius 1 is 1.04 bits per heavy atom. The van der Waals surface area contributed by atoms with Crippen LogP contribution in [0.4, 0.5) is 0 Å². The lowest BCUT2D eigenvalue weighted by Crippen LogP contribution is -2.31. The molecule has 0 unspecified atom stereocenters. The molecule has 4 nitrogen and oxygen atoms in total. The normalized spacial score (nSPS) is 10.8. The third kappa shape index (κ3) is 3.92. The summed E-state index contributed by atoms with van der Waals surface area (Å²) in [7, 11) is 0. The summed E-state index contributed by atoms with van der Waals surface area (Å²) in [5, 5.41) is 8.08. The summed E-state index contributed by atoms with van der Waals surface area (Å²) in [6, 6.07) is 15.1. The summed E-state index contributed by atoms with van der Waals surface area (Å²) in [5.74, 6) is -0.0874. The van der Waals surface area contributed by atoms with Gasteiger partial charge in [0.25, 0.3) is 5.91 Å². The maximum atomic E-state index is 11.9. The minimum atomic E-state index is -0.0874. The number of rotatable bonds is 6. The van der Waals surface area contributed by atoms with Gasteiger partial charge in [-0.2, -0.15) is 0 Å². The largest absolute Gasteiger partial charge is 0.361 e. The van der Waals surface area contributed by atoms with Crippen LogP contribution in [0.25, 0.3) is 10.9 Å². The molecule has 0 spiro atoms. The van der Waals surface area contributed by atoms with Gasteiger partial charge in [-0.25, -0.2) is 0 Å². The highest BCUT2D eigenvalue weighted by Gasteiger charge is 2.05. The average molecular weight is 328 g/mol. The van der Waals surface area contributed by atoms with Crippen LogP contribution in [-0.4, -0.2) is 24.0 Å². The molecule has 5 heteroatoms. The number of carbonyl (C=O) groups excluding carboxylic acids is 1. The van der Waals surface area contributed by atoms with Crippen molar-refractivity contribution in [1.29, 1.82) is 0 Å². The Kier molecular flexibility index (Phi) is 4.95. The number of H-pyrrole nitrogens is 1. The Labute approximate surface area is 139 Å². The Hall–Kier alpha value is -2.30. The van der Waals surface area contributed by atoms with Crippen molar-refractivity contribution in [3.8, 4) is 0 Å². The van der Waals surface area contributed by atoms with Crippen molar-refractivity contribution < 1.29 is 4.79 Å². The van der Waals surface area contributed by atoms with E-state index in [2.05, 4.69) is 27.8 Å². The highest BCUT2D eigenvalue weighted by Crippen LogP contribution is 2.17. The molecule has 3 N–H and O–H groups in total. The van der Waals surface area contributed by atoms with E-state index in [9.17, 15) is 4.79 Å². The van der Waals surface area contributed by atoms with Crippen molar-refractivity contribution >= 4 is 28.4 Å². The van der Waals surface area contributed by atoms with Crippen LogP contribution in [0.2, 0.25) is 5.02 Å². The summed E-state index contributed by atoms with van der Waals surface area (Å²) in [6.45, 7) is 2.05. The lowest BCUT2D eigenvalue weighted by atomic mass is 10.2. The van der Waals surface area contributed by atoms with E-state index in [1.54, 1.807) is 24.3 Å². The number of benzene rings is 2. The van der Waals surface area contributed by atoms with Crippen molar-refractivity contribution in [2.45, 2.75) is 6.54 Å². The molecule has 118 valence electrons. The molecular weight excluding hydrogens is 310 g/mol. The summed E-state index contributed by atoms with van der Waals surface area (Å²) in [5.41, 5.74) is 2.98. The van der Waals surface area contributed by atoms with E-state index in [1.807, 2.05) is 18.3 Å². The standard InChI is InChI=1S/C18H18ClN3O/c19-15-7-5-13(6-8-15)18(23)21-10-9-20-11-14-12-22-17-4-2-1-3-16(14)17/h1-8,12,20,22H,9-11H2,(H,21,23). The minimum Gasteiger partial charge on any atom is -0.361 e. The molecule has 3 rings (SSSR count). The molecule has 3 aromatic rings. The molecule has 23 heavy (non-hydrogen) atoms. The molecular formula is C18H18ClN3O. The molecule has 0 fully saturated rings. The zero-order valence-electron chi connectivity index (χ0n) is 12.6. The zero-order valence-corrected chi connectivity index (χ0v) is 13.4. The fourth-order valence-electron chi connectivity index (χ4n) is 2.47. The van der Waals surface area contributed by atoms with Gasteiger partial charge in [0.1, 0.15) is 0 Å². The van der Waals surface area contributed by atoms with E-state index in [1.165, 1.54) is 10.9 Å². The molecule has 2 aromatic carbocycles. The van der Waals surface area contributed by atoms with Gasteiger partial charge in [0.05, 0.1) is 0 Å². The Bertz CT molecular complexity index is 795. The molecule has 0 atom stereocenters. The minimum absolute atomic E-state index is 0.0874. The first-order valence-corrected chi connectivity index (χ1v) is 7.91. The fourth-order valence-corrected chi connectivity index (χ4v) is 2.59. The summed E-state index contributed by atoms with van der Waals surface area (Å²) in [6.07, 6.45) is 2.02. The topological polar surface area (TPSA) is 56.9 Å². The summed E-state index contributed by atoms with van der Waals surface area (Å²) in [4.78, 5) is 15.2. The van der Waals surface area contributed by atoms with Gasteiger partial charge in [-0.3, -0.25) is 4.79 Å². The van der Waals surface area contributed by atoms with Gasteiger partial charge in [-0.1, -0.05) is 29.8 Å². The van der Waals surface area contributed by atoms with Gasteiger partial charge in [0.2, 0.25) is 0 Å². The highest BCUT2D eigenvalue weighted by atomic mass is 35.5. The number of aromatic nitrogens is 1. The fraction of sp³-hybridized carbons (Fsp3) is 0.167. The van der Waals surface area contributed by atoms with E-state index in [4.69, 9.17) is 11.6 Å². The van der Waals surface area contributed by atoms with Crippen LogP contribution < -0.4 is 10.6 Å². The number of halogens is 1. The third-order valence-electron chi connectivity index (χ3n) is 3.68. The first-order chi connectivity index (χ1) is 11.2. The van der Waals surface area contributed by atoms with Crippen LogP contribution >= 0.6 is 11.6 Å². The van der Waals surface area contributed by atoms with Crippen molar-refractivity contribution in [3.05, 3.63) is 70.9 Å². The smallest absolute Gasteiger partial charge is 0.251 e. The average Bonchev–Trinajstić information content (AvgIpc) is 2.98. The van der Waals surface area contributed by atoms with Crippen LogP contribution in [0, 0.1) is 0 Å². The molecule has 0 aliphatic carbocycles. The van der Waals surface area contributed by atoms with Crippen LogP contribution in [0.3, 0.4) is 0 Å². The van der Waals surface area contributed by atoms with Gasteiger partial charge in [0.15, 0.2) is 0 Å². The Morgan fingerprint density at radius 2 is 1.83 bits per heavy atom. The molecule has 0 bridgehead atoms. The maximum Gasteiger partial charge on any atom is 0.251 e. The molecule has 0 aliphatic heterocycles. The van der Waals surface area contributed by atoms with Crippen LogP contribution in [0.15, 0.2) is 54.7 Å². The lowest BCUT2D eigenvalue weighted by molar-refractivity contribution is 0.0954. The van der Waals surface area contributed by atoms with Crippen LogP contribution in [-0.2, 0) is 6.54 Å². The zero-order chi connectivity index (χ0) is 16.1. The number of hydrogen-bond donors (Lipinski definition) is 3. The van der Waals surface area contributed by atoms with E-state index in [-0.39, 0.29) is 5.91 Å². The van der Waals surface area contributed by atoms with Crippen molar-refractivity contribution in [1.82, 2.24) is 15.6 Å². The predicted octanol–water partition coefficient (Wildman–Crippen LogP) is 3.34. The van der Waals surface area contributed by atoms with Gasteiger partial charge >= 0.3 is 0 Å². The monoisotopic (exact) mass is 327 g/mol. The highest BCUT2D eigenvalue weighted by molar-refractivity contribution is 6.30. The van der Waals surface area contributed by atoms with Gasteiger partial charge in [-0.15, -0.1) is 0 Å². The number of aromatic amines is 1. The van der Waals surface area contributed by atoms with Crippen molar-refractivity contribution in [2.24, 2.45) is 0 Å². The molecule has 0 aliphatic rings. The summed E-state index contributed by atoms with van der Waals surface area (Å²) < 4.78 is 0.